The van der Waals surface area contributed by atoms with E-state index in [9.17, 15) is 0 Å². The van der Waals surface area contributed by atoms with E-state index >= 15 is 0 Å². The molecule has 0 aliphatic carbocycles. The van der Waals surface area contributed by atoms with E-state index in [2.05, 4.69) is 19.9 Å². The van der Waals surface area contributed by atoms with Gasteiger partial charge in [-0.15, -0.1) is 11.3 Å². The normalized spacial score (nSPS) is 11.2. The van der Waals surface area contributed by atoms with Gasteiger partial charge >= 0.3 is 0 Å². The first-order valence-corrected chi connectivity index (χ1v) is 7.92. The zero-order chi connectivity index (χ0) is 14.6. The van der Waals surface area contributed by atoms with Gasteiger partial charge in [-0.1, -0.05) is 0 Å². The molecule has 0 aliphatic heterocycles. The molecule has 116 valence electrons. The van der Waals surface area contributed by atoms with Crippen molar-refractivity contribution in [3.8, 4) is 0 Å². The molecular formula is C15H26O4S. The van der Waals surface area contributed by atoms with Gasteiger partial charge in [0.25, 0.3) is 0 Å². The largest absolute Gasteiger partial charge is 0.379 e. The Morgan fingerprint density at radius 3 is 1.90 bits per heavy atom. The summed E-state index contributed by atoms with van der Waals surface area (Å²) in [5.41, 5.74) is 1.28. The average molecular weight is 302 g/mol. The smallest absolute Gasteiger partial charge is 0.0728 e. The van der Waals surface area contributed by atoms with Crippen molar-refractivity contribution in [1.82, 2.24) is 0 Å². The van der Waals surface area contributed by atoms with Gasteiger partial charge in [-0.25, -0.2) is 0 Å². The number of aryl methyl sites for hydroxylation is 2. The number of thiophene rings is 1. The standard InChI is InChI=1S/C15H26O4S/c1-4-16-5-6-17-7-8-18-9-10-19-12-15-11-13(2)20-14(15)3/h11H,4-10,12H2,1-3H3. The number of hydrogen-bond donors (Lipinski definition) is 0. The highest BCUT2D eigenvalue weighted by atomic mass is 32.1. The summed E-state index contributed by atoms with van der Waals surface area (Å²) in [7, 11) is 0. The average Bonchev–Trinajstić information content (AvgIpc) is 2.74. The molecule has 0 fully saturated rings. The SMILES string of the molecule is CCOCCOCCOCCOCc1cc(C)sc1C. The fourth-order valence-corrected chi connectivity index (χ4v) is 2.64. The molecule has 1 aromatic heterocycles. The van der Waals surface area contributed by atoms with Crippen LogP contribution in [0.25, 0.3) is 0 Å². The molecule has 0 amide bonds. The third-order valence-electron chi connectivity index (χ3n) is 2.72. The van der Waals surface area contributed by atoms with E-state index < -0.39 is 0 Å². The molecule has 0 atom stereocenters. The molecule has 4 nitrogen and oxygen atoms in total. The number of ether oxygens (including phenoxy) is 4. The lowest BCUT2D eigenvalue weighted by Crippen LogP contribution is -2.11. The Balaban J connectivity index is 1.86. The predicted octanol–water partition coefficient (Wildman–Crippen LogP) is 2.95. The Labute approximate surface area is 126 Å². The van der Waals surface area contributed by atoms with Gasteiger partial charge < -0.3 is 18.9 Å². The Kier molecular flexibility index (Phi) is 9.87. The van der Waals surface area contributed by atoms with Gasteiger partial charge in [-0.3, -0.25) is 0 Å². The van der Waals surface area contributed by atoms with E-state index in [1.165, 1.54) is 15.3 Å². The number of hydrogen-bond acceptors (Lipinski definition) is 5. The highest BCUT2D eigenvalue weighted by molar-refractivity contribution is 7.12. The molecule has 0 N–H and O–H groups in total. The van der Waals surface area contributed by atoms with Gasteiger partial charge in [-0.05, 0) is 32.4 Å². The lowest BCUT2D eigenvalue weighted by Gasteiger charge is -2.07. The van der Waals surface area contributed by atoms with Crippen molar-refractivity contribution in [2.75, 3.05) is 46.2 Å². The summed E-state index contributed by atoms with van der Waals surface area (Å²) in [5, 5.41) is 0. The first-order chi connectivity index (χ1) is 9.74. The van der Waals surface area contributed by atoms with Crippen molar-refractivity contribution in [1.29, 1.82) is 0 Å². The minimum Gasteiger partial charge on any atom is -0.379 e. The zero-order valence-electron chi connectivity index (χ0n) is 12.8. The van der Waals surface area contributed by atoms with Crippen molar-refractivity contribution in [3.63, 3.8) is 0 Å². The van der Waals surface area contributed by atoms with E-state index in [-0.39, 0.29) is 0 Å². The second kappa shape index (κ2) is 11.2. The van der Waals surface area contributed by atoms with Crippen LogP contribution >= 0.6 is 11.3 Å². The summed E-state index contributed by atoms with van der Waals surface area (Å²) in [6, 6.07) is 2.19. The van der Waals surface area contributed by atoms with Crippen molar-refractivity contribution in [3.05, 3.63) is 21.4 Å². The van der Waals surface area contributed by atoms with Crippen LogP contribution in [0.5, 0.6) is 0 Å². The Hall–Kier alpha value is -0.460. The molecule has 1 aromatic rings. The molecule has 0 aromatic carbocycles. The van der Waals surface area contributed by atoms with Crippen LogP contribution in [0.1, 0.15) is 22.2 Å². The third kappa shape index (κ3) is 7.97. The van der Waals surface area contributed by atoms with Crippen molar-refractivity contribution in [2.45, 2.75) is 27.4 Å². The summed E-state index contributed by atoms with van der Waals surface area (Å²) >= 11 is 1.81. The van der Waals surface area contributed by atoms with Gasteiger partial charge in [0.1, 0.15) is 0 Å². The maximum atomic E-state index is 5.59. The van der Waals surface area contributed by atoms with Gasteiger partial charge in [0.15, 0.2) is 0 Å². The lowest BCUT2D eigenvalue weighted by atomic mass is 10.3. The summed E-state index contributed by atoms with van der Waals surface area (Å²) in [6.07, 6.45) is 0. The second-order valence-electron chi connectivity index (χ2n) is 4.41. The first-order valence-electron chi connectivity index (χ1n) is 7.11. The molecule has 0 spiro atoms. The minimum absolute atomic E-state index is 0.603. The maximum Gasteiger partial charge on any atom is 0.0728 e. The van der Waals surface area contributed by atoms with Crippen LogP contribution < -0.4 is 0 Å². The molecule has 0 bridgehead atoms. The monoisotopic (exact) mass is 302 g/mol. The van der Waals surface area contributed by atoms with Crippen molar-refractivity contribution < 1.29 is 18.9 Å². The summed E-state index contributed by atoms with van der Waals surface area (Å²) in [4.78, 5) is 2.67. The van der Waals surface area contributed by atoms with Crippen LogP contribution in [0.2, 0.25) is 0 Å². The van der Waals surface area contributed by atoms with Crippen LogP contribution in [0.4, 0.5) is 0 Å². The third-order valence-corrected chi connectivity index (χ3v) is 3.73. The van der Waals surface area contributed by atoms with Gasteiger partial charge in [0, 0.05) is 16.4 Å². The van der Waals surface area contributed by atoms with Crippen LogP contribution in [0, 0.1) is 13.8 Å². The lowest BCUT2D eigenvalue weighted by molar-refractivity contribution is -0.00289. The van der Waals surface area contributed by atoms with E-state index in [4.69, 9.17) is 18.9 Å². The zero-order valence-corrected chi connectivity index (χ0v) is 13.6. The van der Waals surface area contributed by atoms with Crippen molar-refractivity contribution >= 4 is 11.3 Å². The summed E-state index contributed by atoms with van der Waals surface area (Å²) in [5.74, 6) is 0. The topological polar surface area (TPSA) is 36.9 Å². The fourth-order valence-electron chi connectivity index (χ4n) is 1.71. The van der Waals surface area contributed by atoms with Gasteiger partial charge in [0.2, 0.25) is 0 Å². The quantitative estimate of drug-likeness (QED) is 0.556. The van der Waals surface area contributed by atoms with Crippen LogP contribution in [-0.4, -0.2) is 46.2 Å². The molecule has 0 unspecified atom stereocenters. The summed E-state index contributed by atoms with van der Waals surface area (Å²) in [6.45, 7) is 11.4. The first kappa shape index (κ1) is 17.6. The molecule has 1 rings (SSSR count). The molecule has 0 saturated heterocycles. The number of rotatable bonds is 12. The van der Waals surface area contributed by atoms with E-state index in [1.807, 2.05) is 18.3 Å². The Morgan fingerprint density at radius 1 is 0.850 bits per heavy atom. The fraction of sp³-hybridized carbons (Fsp3) is 0.733. The molecule has 5 heteroatoms. The minimum atomic E-state index is 0.603. The van der Waals surface area contributed by atoms with Crippen molar-refractivity contribution in [2.24, 2.45) is 0 Å². The van der Waals surface area contributed by atoms with Crippen LogP contribution in [-0.2, 0) is 25.6 Å². The van der Waals surface area contributed by atoms with E-state index in [1.54, 1.807) is 0 Å². The summed E-state index contributed by atoms with van der Waals surface area (Å²) < 4.78 is 21.5. The van der Waals surface area contributed by atoms with Gasteiger partial charge in [-0.2, -0.15) is 0 Å². The molecule has 0 saturated carbocycles. The van der Waals surface area contributed by atoms with Gasteiger partial charge in [0.05, 0.1) is 46.2 Å². The maximum absolute atomic E-state index is 5.59. The second-order valence-corrected chi connectivity index (χ2v) is 5.87. The molecule has 0 aliphatic rings. The Bertz CT molecular complexity index is 352. The van der Waals surface area contributed by atoms with Crippen LogP contribution in [0.3, 0.4) is 0 Å². The highest BCUT2D eigenvalue weighted by Gasteiger charge is 2.02. The van der Waals surface area contributed by atoms with E-state index in [0.717, 1.165) is 6.61 Å². The van der Waals surface area contributed by atoms with E-state index in [0.29, 0.717) is 46.2 Å². The highest BCUT2D eigenvalue weighted by Crippen LogP contribution is 2.20. The predicted molar refractivity (Wildman–Crippen MR) is 81.6 cm³/mol. The molecule has 1 heterocycles. The Morgan fingerprint density at radius 2 is 1.40 bits per heavy atom. The molecular weight excluding hydrogens is 276 g/mol. The molecule has 20 heavy (non-hydrogen) atoms. The van der Waals surface area contributed by atoms with Crippen LogP contribution in [0.15, 0.2) is 6.07 Å². The molecule has 0 radical (unpaired) electrons.